The minimum absolute atomic E-state index is 0.0228. The van der Waals surface area contributed by atoms with Gasteiger partial charge in [-0.1, -0.05) is 18.6 Å². The van der Waals surface area contributed by atoms with Crippen LogP contribution in [-0.4, -0.2) is 41.8 Å². The maximum absolute atomic E-state index is 9.86. The number of rotatable bonds is 4. The summed E-state index contributed by atoms with van der Waals surface area (Å²) in [5.41, 5.74) is 1.98. The van der Waals surface area contributed by atoms with E-state index in [1.165, 1.54) is 19.3 Å². The van der Waals surface area contributed by atoms with E-state index in [1.54, 1.807) is 0 Å². The van der Waals surface area contributed by atoms with Crippen molar-refractivity contribution in [3.05, 3.63) is 29.8 Å². The predicted molar refractivity (Wildman–Crippen MR) is 80.3 cm³/mol. The Kier molecular flexibility index (Phi) is 5.41. The average Bonchev–Trinajstić information content (AvgIpc) is 2.39. The Morgan fingerprint density at radius 1 is 1.35 bits per heavy atom. The van der Waals surface area contributed by atoms with Crippen molar-refractivity contribution >= 4 is 11.8 Å². The number of nitrogens with one attached hydrogen (secondary N) is 1. The lowest BCUT2D eigenvalue weighted by Crippen LogP contribution is -2.67. The zero-order chi connectivity index (χ0) is 14.4. The van der Waals surface area contributed by atoms with Crippen LogP contribution in [0.3, 0.4) is 0 Å². The first-order valence-corrected chi connectivity index (χ1v) is 7.42. The summed E-state index contributed by atoms with van der Waals surface area (Å²) in [5, 5.41) is 9.86. The molecule has 20 heavy (non-hydrogen) atoms. The summed E-state index contributed by atoms with van der Waals surface area (Å²) in [4.78, 5) is 5.28. The number of hydrogen-bond acceptors (Lipinski definition) is 2. The third kappa shape index (κ3) is 4.85. The fraction of sp³-hybridized carbons (Fsp3) is 0.562. The molecule has 0 saturated carbocycles. The summed E-state index contributed by atoms with van der Waals surface area (Å²) in [5.74, 6) is 0. The van der Waals surface area contributed by atoms with E-state index in [0.717, 1.165) is 30.9 Å². The molecule has 1 fully saturated rings. The van der Waals surface area contributed by atoms with Crippen molar-refractivity contribution in [2.45, 2.75) is 39.2 Å². The molecular weight excluding hydrogens is 252 g/mol. The number of piperidine rings is 1. The maximum Gasteiger partial charge on any atom is 0.551 e. The molecule has 1 atom stereocenters. The van der Waals surface area contributed by atoms with Crippen LogP contribution in [0.5, 0.6) is 0 Å². The molecule has 1 saturated heterocycles. The second kappa shape index (κ2) is 7.29. The molecule has 0 aromatic heterocycles. The van der Waals surface area contributed by atoms with E-state index in [-0.39, 0.29) is 12.2 Å². The van der Waals surface area contributed by atoms with Gasteiger partial charge in [-0.05, 0) is 45.3 Å². The molecule has 0 radical (unpaired) electrons. The molecule has 0 spiro atoms. The van der Waals surface area contributed by atoms with Gasteiger partial charge in [0.05, 0.1) is 0 Å². The van der Waals surface area contributed by atoms with E-state index < -0.39 is 0 Å². The third-order valence-electron chi connectivity index (χ3n) is 3.55. The lowest BCUT2D eigenvalue weighted by atomic mass is 10.1. The van der Waals surface area contributed by atoms with Crippen molar-refractivity contribution in [3.63, 3.8) is 0 Å². The van der Waals surface area contributed by atoms with Gasteiger partial charge in [-0.25, -0.2) is 0 Å². The van der Waals surface area contributed by atoms with Crippen LogP contribution in [0.2, 0.25) is 0 Å². The first-order valence-electron chi connectivity index (χ1n) is 7.42. The van der Waals surface area contributed by atoms with Crippen LogP contribution in [0.1, 0.15) is 31.7 Å². The Bertz CT molecular complexity index is 454. The average molecular weight is 277 g/mol. The Morgan fingerprint density at radius 3 is 2.80 bits per heavy atom. The number of aliphatic hydroxyl groups excluding tert-OH is 1. The SMILES string of the molecule is Cc1cccc([NH+]=C(O)O[C@H](C)CN2CCCCC2)c1. The van der Waals surface area contributed by atoms with E-state index >= 15 is 0 Å². The van der Waals surface area contributed by atoms with Crippen molar-refractivity contribution in [1.29, 1.82) is 0 Å². The maximum atomic E-state index is 9.86. The molecule has 110 valence electrons. The first kappa shape index (κ1) is 14.9. The van der Waals surface area contributed by atoms with Gasteiger partial charge in [0.2, 0.25) is 5.69 Å². The van der Waals surface area contributed by atoms with Crippen LogP contribution in [0, 0.1) is 6.92 Å². The molecule has 0 amide bonds. The van der Waals surface area contributed by atoms with Gasteiger partial charge < -0.3 is 9.84 Å². The van der Waals surface area contributed by atoms with E-state index in [2.05, 4.69) is 9.89 Å². The molecule has 4 nitrogen and oxygen atoms in total. The minimum Gasteiger partial charge on any atom is -0.430 e. The molecule has 1 aliphatic heterocycles. The lowest BCUT2D eigenvalue weighted by molar-refractivity contribution is -0.383. The van der Waals surface area contributed by atoms with Gasteiger partial charge in [-0.3, -0.25) is 4.90 Å². The quantitative estimate of drug-likeness (QED) is 0.648. The van der Waals surface area contributed by atoms with Crippen LogP contribution < -0.4 is 4.99 Å². The molecule has 1 aromatic rings. The van der Waals surface area contributed by atoms with Crippen LogP contribution in [0.4, 0.5) is 5.69 Å². The number of nitrogens with zero attached hydrogens (tertiary/aromatic N) is 1. The number of aryl methyl sites for hydroxylation is 1. The highest BCUT2D eigenvalue weighted by Crippen LogP contribution is 2.09. The summed E-state index contributed by atoms with van der Waals surface area (Å²) in [6.07, 6.45) is 3.72. The fourth-order valence-corrected chi connectivity index (χ4v) is 2.61. The van der Waals surface area contributed by atoms with Gasteiger partial charge in [-0.15, -0.1) is 4.99 Å². The zero-order valence-electron chi connectivity index (χ0n) is 12.4. The first-order chi connectivity index (χ1) is 9.63. The molecule has 1 heterocycles. The van der Waals surface area contributed by atoms with Crippen LogP contribution in [-0.2, 0) is 4.74 Å². The third-order valence-corrected chi connectivity index (χ3v) is 3.55. The largest absolute Gasteiger partial charge is 0.551 e. The van der Waals surface area contributed by atoms with Gasteiger partial charge in [0.25, 0.3) is 0 Å². The molecule has 1 aromatic carbocycles. The monoisotopic (exact) mass is 277 g/mol. The predicted octanol–water partition coefficient (Wildman–Crippen LogP) is 1.51. The number of ether oxygens (including phenoxy) is 1. The molecule has 4 heteroatoms. The Hall–Kier alpha value is -1.55. The molecule has 1 aliphatic rings. The smallest absolute Gasteiger partial charge is 0.430 e. The molecule has 0 bridgehead atoms. The number of likely N-dealkylation sites (tertiary alicyclic amines) is 1. The fourth-order valence-electron chi connectivity index (χ4n) is 2.61. The summed E-state index contributed by atoms with van der Waals surface area (Å²) < 4.78 is 5.52. The second-order valence-electron chi connectivity index (χ2n) is 5.59. The van der Waals surface area contributed by atoms with Crippen molar-refractivity contribution in [2.75, 3.05) is 19.6 Å². The Labute approximate surface area is 121 Å². The van der Waals surface area contributed by atoms with Gasteiger partial charge in [0, 0.05) is 18.7 Å². The van der Waals surface area contributed by atoms with E-state index in [0.29, 0.717) is 0 Å². The molecule has 2 N–H and O–H groups in total. The van der Waals surface area contributed by atoms with Crippen molar-refractivity contribution in [1.82, 2.24) is 4.90 Å². The Morgan fingerprint density at radius 2 is 2.10 bits per heavy atom. The topological polar surface area (TPSA) is 46.7 Å². The van der Waals surface area contributed by atoms with Gasteiger partial charge in [0.15, 0.2) is 0 Å². The summed E-state index contributed by atoms with van der Waals surface area (Å²) >= 11 is 0. The standard InChI is InChI=1S/C16H24N2O2/c1-13-7-6-8-15(11-13)17-16(19)20-14(2)12-18-9-4-3-5-10-18/h6-8,11,14H,3-5,9-10,12H2,1-2H3,(H,17,19)/p+1/t14-/m1/s1. The van der Waals surface area contributed by atoms with Crippen molar-refractivity contribution in [3.8, 4) is 0 Å². The Balaban J connectivity index is 1.84. The highest BCUT2D eigenvalue weighted by atomic mass is 16.6. The normalized spacial score (nSPS) is 18.8. The van der Waals surface area contributed by atoms with Crippen LogP contribution >= 0.6 is 0 Å². The molecular formula is C16H25N2O2+. The molecule has 0 unspecified atom stereocenters. The van der Waals surface area contributed by atoms with Gasteiger partial charge >= 0.3 is 6.08 Å². The highest BCUT2D eigenvalue weighted by Gasteiger charge is 2.17. The number of benzene rings is 1. The molecule has 0 aliphatic carbocycles. The number of hydrogen-bond donors (Lipinski definition) is 2. The van der Waals surface area contributed by atoms with Gasteiger partial charge in [0.1, 0.15) is 6.10 Å². The summed E-state index contributed by atoms with van der Waals surface area (Å²) in [7, 11) is 0. The zero-order valence-corrected chi connectivity index (χ0v) is 12.4. The van der Waals surface area contributed by atoms with E-state index in [1.807, 2.05) is 38.1 Å². The van der Waals surface area contributed by atoms with E-state index in [9.17, 15) is 5.11 Å². The van der Waals surface area contributed by atoms with Crippen LogP contribution in [0.15, 0.2) is 24.3 Å². The highest BCUT2D eigenvalue weighted by molar-refractivity contribution is 5.59. The van der Waals surface area contributed by atoms with E-state index in [4.69, 9.17) is 4.74 Å². The lowest BCUT2D eigenvalue weighted by Gasteiger charge is -2.28. The minimum atomic E-state index is -0.125. The van der Waals surface area contributed by atoms with Crippen molar-refractivity contribution in [2.24, 2.45) is 0 Å². The molecule has 2 rings (SSSR count). The second-order valence-corrected chi connectivity index (χ2v) is 5.59. The van der Waals surface area contributed by atoms with Gasteiger partial charge in [-0.2, -0.15) is 0 Å². The number of aliphatic hydroxyl groups is 1. The van der Waals surface area contributed by atoms with Crippen LogP contribution in [0.25, 0.3) is 0 Å². The summed E-state index contributed by atoms with van der Waals surface area (Å²) in [6.45, 7) is 7.14. The van der Waals surface area contributed by atoms with Crippen molar-refractivity contribution < 1.29 is 14.8 Å². The summed E-state index contributed by atoms with van der Waals surface area (Å²) in [6, 6.07) is 7.83.